The summed E-state index contributed by atoms with van der Waals surface area (Å²) in [7, 11) is 0. The number of fused-ring (bicyclic) bond motifs is 2. The van der Waals surface area contributed by atoms with E-state index in [0.717, 1.165) is 29.0 Å². The quantitative estimate of drug-likeness (QED) is 0.779. The van der Waals surface area contributed by atoms with Crippen molar-refractivity contribution in [1.82, 2.24) is 4.90 Å². The largest absolute Gasteiger partial charge is 0.311 e. The van der Waals surface area contributed by atoms with Gasteiger partial charge < -0.3 is 4.90 Å². The summed E-state index contributed by atoms with van der Waals surface area (Å²) in [6, 6.07) is 12.3. The normalized spacial score (nSPS) is 16.0. The minimum atomic E-state index is -0.471. The third kappa shape index (κ3) is 2.61. The second-order valence-corrected chi connectivity index (χ2v) is 6.60. The van der Waals surface area contributed by atoms with Gasteiger partial charge in [0.25, 0.3) is 11.8 Å². The lowest BCUT2D eigenvalue weighted by Gasteiger charge is -2.30. The molecule has 5 nitrogen and oxygen atoms in total. The summed E-state index contributed by atoms with van der Waals surface area (Å²) in [6.07, 6.45) is 1.78. The first kappa shape index (κ1) is 15.8. The molecule has 0 saturated carbocycles. The molecule has 2 aliphatic rings. The van der Waals surface area contributed by atoms with E-state index >= 15 is 0 Å². The third-order valence-electron chi connectivity index (χ3n) is 4.64. The smallest absolute Gasteiger partial charge is 0.262 e. The fraction of sp³-hybridized carbons (Fsp3) is 0.211. The number of amides is 3. The Hall–Kier alpha value is -2.66. The van der Waals surface area contributed by atoms with Gasteiger partial charge in [-0.1, -0.05) is 29.8 Å². The fourth-order valence-electron chi connectivity index (χ4n) is 3.42. The zero-order valence-corrected chi connectivity index (χ0v) is 14.1. The average Bonchev–Trinajstić information content (AvgIpc) is 2.85. The number of rotatable bonds is 2. The van der Waals surface area contributed by atoms with Gasteiger partial charge in [-0.05, 0) is 42.7 Å². The topological polar surface area (TPSA) is 57.7 Å². The standard InChI is InChI=1S/C19H15ClN2O3/c20-13-7-8-14-15(10-13)19(25)22(18(14)24)11-17(23)21-9-3-5-12-4-1-2-6-16(12)21/h1-2,4,6-8,10H,3,5,9,11H2. The zero-order chi connectivity index (χ0) is 17.6. The van der Waals surface area contributed by atoms with Gasteiger partial charge in [-0.15, -0.1) is 0 Å². The van der Waals surface area contributed by atoms with Crippen LogP contribution in [0, 0.1) is 0 Å². The Morgan fingerprint density at radius 2 is 1.80 bits per heavy atom. The lowest BCUT2D eigenvalue weighted by atomic mass is 10.0. The van der Waals surface area contributed by atoms with Crippen LogP contribution in [0.1, 0.15) is 32.7 Å². The minimum absolute atomic E-state index is 0.254. The van der Waals surface area contributed by atoms with Crippen LogP contribution in [0.2, 0.25) is 5.02 Å². The van der Waals surface area contributed by atoms with Gasteiger partial charge in [0, 0.05) is 17.3 Å². The Morgan fingerprint density at radius 3 is 2.64 bits per heavy atom. The second-order valence-electron chi connectivity index (χ2n) is 6.16. The van der Waals surface area contributed by atoms with Crippen molar-refractivity contribution in [2.24, 2.45) is 0 Å². The van der Waals surface area contributed by atoms with Gasteiger partial charge in [-0.3, -0.25) is 19.3 Å². The average molecular weight is 355 g/mol. The van der Waals surface area contributed by atoms with E-state index in [1.54, 1.807) is 11.0 Å². The number of imide groups is 1. The van der Waals surface area contributed by atoms with Crippen molar-refractivity contribution in [2.45, 2.75) is 12.8 Å². The van der Waals surface area contributed by atoms with Crippen LogP contribution in [0.25, 0.3) is 0 Å². The number of hydrogen-bond donors (Lipinski definition) is 0. The second kappa shape index (κ2) is 6.01. The monoisotopic (exact) mass is 354 g/mol. The van der Waals surface area contributed by atoms with Crippen molar-refractivity contribution in [3.8, 4) is 0 Å². The van der Waals surface area contributed by atoms with Crippen LogP contribution >= 0.6 is 11.6 Å². The van der Waals surface area contributed by atoms with E-state index in [1.807, 2.05) is 24.3 Å². The van der Waals surface area contributed by atoms with E-state index in [0.29, 0.717) is 17.1 Å². The Morgan fingerprint density at radius 1 is 1.04 bits per heavy atom. The first-order valence-corrected chi connectivity index (χ1v) is 8.48. The van der Waals surface area contributed by atoms with Gasteiger partial charge in [0.05, 0.1) is 11.1 Å². The number of carbonyl (C=O) groups excluding carboxylic acids is 3. The Bertz CT molecular complexity index is 909. The van der Waals surface area contributed by atoms with E-state index in [1.165, 1.54) is 12.1 Å². The fourth-order valence-corrected chi connectivity index (χ4v) is 3.59. The highest BCUT2D eigenvalue weighted by molar-refractivity contribution is 6.32. The van der Waals surface area contributed by atoms with E-state index in [4.69, 9.17) is 11.6 Å². The van der Waals surface area contributed by atoms with Crippen molar-refractivity contribution in [1.29, 1.82) is 0 Å². The summed E-state index contributed by atoms with van der Waals surface area (Å²) in [4.78, 5) is 40.4. The van der Waals surface area contributed by atoms with Crippen LogP contribution in [0.15, 0.2) is 42.5 Å². The molecule has 2 heterocycles. The lowest BCUT2D eigenvalue weighted by molar-refractivity contribution is -0.119. The molecule has 0 saturated heterocycles. The molecule has 3 amide bonds. The molecule has 6 heteroatoms. The maximum Gasteiger partial charge on any atom is 0.262 e. The van der Waals surface area contributed by atoms with E-state index in [9.17, 15) is 14.4 Å². The first-order valence-electron chi connectivity index (χ1n) is 8.10. The molecular weight excluding hydrogens is 340 g/mol. The molecular formula is C19H15ClN2O3. The van der Waals surface area contributed by atoms with Gasteiger partial charge in [0.2, 0.25) is 5.91 Å². The van der Waals surface area contributed by atoms with Crippen LogP contribution < -0.4 is 4.90 Å². The number of aryl methyl sites for hydroxylation is 1. The number of carbonyl (C=O) groups is 3. The van der Waals surface area contributed by atoms with Crippen molar-refractivity contribution >= 4 is 35.0 Å². The van der Waals surface area contributed by atoms with Crippen molar-refractivity contribution < 1.29 is 14.4 Å². The van der Waals surface area contributed by atoms with Crippen LogP contribution in [-0.4, -0.2) is 35.7 Å². The summed E-state index contributed by atoms with van der Waals surface area (Å²) >= 11 is 5.91. The van der Waals surface area contributed by atoms with Gasteiger partial charge in [-0.2, -0.15) is 0 Å². The zero-order valence-electron chi connectivity index (χ0n) is 13.4. The molecule has 2 aliphatic heterocycles. The molecule has 0 N–H and O–H groups in total. The van der Waals surface area contributed by atoms with E-state index in [-0.39, 0.29) is 18.0 Å². The molecule has 0 atom stereocenters. The first-order chi connectivity index (χ1) is 12.1. The molecule has 0 aliphatic carbocycles. The van der Waals surface area contributed by atoms with Crippen molar-refractivity contribution in [2.75, 3.05) is 18.0 Å². The SMILES string of the molecule is O=C1c2ccc(Cl)cc2C(=O)N1CC(=O)N1CCCc2ccccc21. The van der Waals surface area contributed by atoms with Gasteiger partial charge in [0.15, 0.2) is 0 Å². The molecule has 0 radical (unpaired) electrons. The molecule has 0 aromatic heterocycles. The Labute approximate surface area is 149 Å². The highest BCUT2D eigenvalue weighted by Gasteiger charge is 2.38. The Balaban J connectivity index is 1.59. The van der Waals surface area contributed by atoms with Crippen molar-refractivity contribution in [3.63, 3.8) is 0 Å². The van der Waals surface area contributed by atoms with Crippen LogP contribution in [0.5, 0.6) is 0 Å². The van der Waals surface area contributed by atoms with Crippen LogP contribution in [-0.2, 0) is 11.2 Å². The van der Waals surface area contributed by atoms with Crippen LogP contribution in [0.4, 0.5) is 5.69 Å². The predicted octanol–water partition coefficient (Wildman–Crippen LogP) is 2.92. The highest BCUT2D eigenvalue weighted by atomic mass is 35.5. The molecule has 2 aromatic rings. The maximum absolute atomic E-state index is 12.8. The molecule has 0 spiro atoms. The number of benzene rings is 2. The van der Waals surface area contributed by atoms with Gasteiger partial charge >= 0.3 is 0 Å². The summed E-state index contributed by atoms with van der Waals surface area (Å²) < 4.78 is 0. The summed E-state index contributed by atoms with van der Waals surface area (Å²) in [6.45, 7) is 0.323. The third-order valence-corrected chi connectivity index (χ3v) is 4.87. The summed E-state index contributed by atoms with van der Waals surface area (Å²) in [5.74, 6) is -1.18. The summed E-state index contributed by atoms with van der Waals surface area (Å²) in [5, 5.41) is 0.387. The number of nitrogens with zero attached hydrogens (tertiary/aromatic N) is 2. The number of halogens is 1. The van der Waals surface area contributed by atoms with Gasteiger partial charge in [-0.25, -0.2) is 0 Å². The number of hydrogen-bond acceptors (Lipinski definition) is 3. The Kier molecular flexibility index (Phi) is 3.81. The maximum atomic E-state index is 12.8. The molecule has 4 rings (SSSR count). The van der Waals surface area contributed by atoms with E-state index < -0.39 is 11.8 Å². The van der Waals surface area contributed by atoms with Crippen LogP contribution in [0.3, 0.4) is 0 Å². The summed E-state index contributed by atoms with van der Waals surface area (Å²) in [5.41, 5.74) is 2.51. The molecule has 2 aromatic carbocycles. The van der Waals surface area contributed by atoms with Gasteiger partial charge in [0.1, 0.15) is 6.54 Å². The number of para-hydroxylation sites is 1. The molecule has 0 bridgehead atoms. The van der Waals surface area contributed by atoms with E-state index in [2.05, 4.69) is 0 Å². The van der Waals surface area contributed by atoms with Crippen molar-refractivity contribution in [3.05, 3.63) is 64.2 Å². The highest BCUT2D eigenvalue weighted by Crippen LogP contribution is 2.29. The minimum Gasteiger partial charge on any atom is -0.311 e. The molecule has 25 heavy (non-hydrogen) atoms. The molecule has 0 unspecified atom stereocenters. The molecule has 0 fully saturated rings. The lowest BCUT2D eigenvalue weighted by Crippen LogP contribution is -2.44. The molecule has 126 valence electrons. The predicted molar refractivity (Wildman–Crippen MR) is 93.9 cm³/mol. The number of anilines is 1.